The van der Waals surface area contributed by atoms with Crippen molar-refractivity contribution in [3.8, 4) is 0 Å². The molecule has 0 fully saturated rings. The van der Waals surface area contributed by atoms with Crippen LogP contribution >= 0.6 is 0 Å². The topological polar surface area (TPSA) is 96.4 Å². The number of amides is 1. The van der Waals surface area contributed by atoms with Gasteiger partial charge in [0, 0.05) is 19.6 Å². The van der Waals surface area contributed by atoms with Gasteiger partial charge in [-0.1, -0.05) is 57.2 Å². The number of aliphatic hydroxyl groups is 1. The van der Waals surface area contributed by atoms with E-state index >= 15 is 4.39 Å². The lowest BCUT2D eigenvalue weighted by Crippen LogP contribution is -2.42. The molecule has 0 aliphatic heterocycles. The lowest BCUT2D eigenvalue weighted by Gasteiger charge is -2.36. The Hall–Kier alpha value is -2.31. The standard InChI is InChI=1S/C29H45FN2O6SSi/c1-8-40(9-2,10-3)38-27(22-31(18-19-33)21-23-14-12-11-13-15-23)24-16-17-25(30)26(20-24)32(39(7,35)36)28(34)37-29(4,5)6/h11-17,20,27,33H,8-10,18-19,21-22H2,1-7H3. The molecule has 1 amide bonds. The minimum atomic E-state index is -4.23. The summed E-state index contributed by atoms with van der Waals surface area (Å²) in [4.78, 5) is 15.0. The van der Waals surface area contributed by atoms with E-state index in [1.807, 2.05) is 30.3 Å². The van der Waals surface area contributed by atoms with Crippen LogP contribution < -0.4 is 4.31 Å². The highest BCUT2D eigenvalue weighted by Gasteiger charge is 2.36. The Balaban J connectivity index is 2.62. The molecule has 0 aliphatic carbocycles. The second kappa shape index (κ2) is 14.5. The zero-order valence-corrected chi connectivity index (χ0v) is 26.6. The van der Waals surface area contributed by atoms with Gasteiger partial charge in [-0.3, -0.25) is 4.90 Å². The number of anilines is 1. The van der Waals surface area contributed by atoms with Crippen LogP contribution in [-0.4, -0.2) is 64.4 Å². The molecule has 1 N–H and O–H groups in total. The quantitative estimate of drug-likeness (QED) is 0.264. The van der Waals surface area contributed by atoms with Crippen molar-refractivity contribution in [3.63, 3.8) is 0 Å². The van der Waals surface area contributed by atoms with Crippen LogP contribution in [0.1, 0.15) is 58.8 Å². The van der Waals surface area contributed by atoms with E-state index in [0.717, 1.165) is 36.0 Å². The smallest absolute Gasteiger partial charge is 0.428 e. The van der Waals surface area contributed by atoms with Gasteiger partial charge in [-0.2, -0.15) is 4.31 Å². The van der Waals surface area contributed by atoms with Crippen LogP contribution in [0.25, 0.3) is 0 Å². The number of hydrogen-bond acceptors (Lipinski definition) is 7. The van der Waals surface area contributed by atoms with Crippen molar-refractivity contribution >= 4 is 30.1 Å². The molecule has 8 nitrogen and oxygen atoms in total. The van der Waals surface area contributed by atoms with E-state index < -0.39 is 47.6 Å². The maximum Gasteiger partial charge on any atom is 0.428 e. The average molecular weight is 597 g/mol. The van der Waals surface area contributed by atoms with Crippen LogP contribution in [0.3, 0.4) is 0 Å². The molecule has 0 aliphatic rings. The first kappa shape index (κ1) is 33.9. The van der Waals surface area contributed by atoms with Gasteiger partial charge < -0.3 is 14.3 Å². The monoisotopic (exact) mass is 596 g/mol. The summed E-state index contributed by atoms with van der Waals surface area (Å²) in [6.07, 6.45) is -0.904. The van der Waals surface area contributed by atoms with Crippen molar-refractivity contribution in [2.24, 2.45) is 0 Å². The van der Waals surface area contributed by atoms with Gasteiger partial charge in [-0.15, -0.1) is 0 Å². The molecule has 40 heavy (non-hydrogen) atoms. The van der Waals surface area contributed by atoms with Crippen molar-refractivity contribution in [1.82, 2.24) is 4.90 Å². The highest BCUT2D eigenvalue weighted by atomic mass is 32.2. The molecule has 0 bridgehead atoms. The number of nitrogens with zero attached hydrogens (tertiary/aromatic N) is 2. The predicted molar refractivity (Wildman–Crippen MR) is 160 cm³/mol. The number of benzene rings is 2. The number of aliphatic hydroxyl groups excluding tert-OH is 1. The molecule has 1 unspecified atom stereocenters. The van der Waals surface area contributed by atoms with Crippen molar-refractivity contribution in [2.45, 2.75) is 77.9 Å². The van der Waals surface area contributed by atoms with E-state index in [1.54, 1.807) is 26.8 Å². The van der Waals surface area contributed by atoms with Gasteiger partial charge in [0.15, 0.2) is 8.32 Å². The summed E-state index contributed by atoms with van der Waals surface area (Å²) in [6.45, 7) is 12.4. The average Bonchev–Trinajstić information content (AvgIpc) is 2.87. The minimum Gasteiger partial charge on any atom is -0.443 e. The molecule has 2 rings (SSSR count). The first-order valence-corrected chi connectivity index (χ1v) is 18.1. The Morgan fingerprint density at radius 1 is 1.05 bits per heavy atom. The Morgan fingerprint density at radius 2 is 1.65 bits per heavy atom. The summed E-state index contributed by atoms with van der Waals surface area (Å²) in [5, 5.41) is 9.82. The maximum absolute atomic E-state index is 15.2. The summed E-state index contributed by atoms with van der Waals surface area (Å²) >= 11 is 0. The number of carbonyl (C=O) groups is 1. The Morgan fingerprint density at radius 3 is 2.15 bits per heavy atom. The number of sulfonamides is 1. The number of halogens is 1. The van der Waals surface area contributed by atoms with Crippen LogP contribution in [0.5, 0.6) is 0 Å². The van der Waals surface area contributed by atoms with E-state index in [2.05, 4.69) is 25.7 Å². The van der Waals surface area contributed by atoms with Crippen molar-refractivity contribution in [3.05, 3.63) is 65.5 Å². The minimum absolute atomic E-state index is 0.0629. The van der Waals surface area contributed by atoms with Crippen LogP contribution in [-0.2, 0) is 25.7 Å². The summed E-state index contributed by atoms with van der Waals surface area (Å²) in [5.74, 6) is -0.875. The van der Waals surface area contributed by atoms with E-state index in [1.165, 1.54) is 6.07 Å². The normalized spacial score (nSPS) is 13.3. The van der Waals surface area contributed by atoms with E-state index in [4.69, 9.17) is 9.16 Å². The van der Waals surface area contributed by atoms with Crippen LogP contribution in [0, 0.1) is 5.82 Å². The van der Waals surface area contributed by atoms with Gasteiger partial charge in [0.25, 0.3) is 0 Å². The highest BCUT2D eigenvalue weighted by molar-refractivity contribution is 7.92. The second-order valence-electron chi connectivity index (χ2n) is 11.0. The Labute approximate surface area is 240 Å². The number of hydrogen-bond donors (Lipinski definition) is 1. The summed E-state index contributed by atoms with van der Waals surface area (Å²) in [7, 11) is -6.43. The zero-order valence-electron chi connectivity index (χ0n) is 24.8. The van der Waals surface area contributed by atoms with Gasteiger partial charge in [0.05, 0.1) is 24.7 Å². The summed E-state index contributed by atoms with van der Waals surface area (Å²) in [5.41, 5.74) is 0.192. The first-order valence-electron chi connectivity index (χ1n) is 13.8. The fourth-order valence-electron chi connectivity index (χ4n) is 4.57. The molecular formula is C29H45FN2O6SSi. The zero-order chi connectivity index (χ0) is 30.1. The molecule has 224 valence electrons. The SMILES string of the molecule is CC[Si](CC)(CC)OC(CN(CCO)Cc1ccccc1)c1ccc(F)c(N(C(=O)OC(C)(C)C)S(C)(=O)=O)c1. The van der Waals surface area contributed by atoms with Crippen LogP contribution in [0.15, 0.2) is 48.5 Å². The Kier molecular flexibility index (Phi) is 12.3. The van der Waals surface area contributed by atoms with Gasteiger partial charge in [0.1, 0.15) is 11.4 Å². The van der Waals surface area contributed by atoms with Crippen molar-refractivity contribution in [1.29, 1.82) is 0 Å². The predicted octanol–water partition coefficient (Wildman–Crippen LogP) is 6.08. The third-order valence-corrected chi connectivity index (χ3v) is 12.5. The van der Waals surface area contributed by atoms with Crippen LogP contribution in [0.4, 0.5) is 14.9 Å². The molecule has 0 saturated carbocycles. The second-order valence-corrected chi connectivity index (χ2v) is 17.6. The van der Waals surface area contributed by atoms with E-state index in [9.17, 15) is 18.3 Å². The first-order chi connectivity index (χ1) is 18.7. The van der Waals surface area contributed by atoms with Crippen LogP contribution in [0.2, 0.25) is 18.1 Å². The molecule has 0 heterocycles. The van der Waals surface area contributed by atoms with Gasteiger partial charge >= 0.3 is 6.09 Å². The van der Waals surface area contributed by atoms with E-state index in [-0.39, 0.29) is 6.61 Å². The molecule has 2 aromatic rings. The van der Waals surface area contributed by atoms with Gasteiger partial charge in [-0.25, -0.2) is 17.6 Å². The fourth-order valence-corrected chi connectivity index (χ4v) is 8.19. The molecule has 0 saturated heterocycles. The summed E-state index contributed by atoms with van der Waals surface area (Å²) in [6, 6.07) is 16.6. The molecule has 1 atom stereocenters. The third kappa shape index (κ3) is 9.66. The molecule has 0 radical (unpaired) electrons. The fraction of sp³-hybridized carbons (Fsp3) is 0.552. The lowest BCUT2D eigenvalue weighted by atomic mass is 10.1. The van der Waals surface area contributed by atoms with E-state index in [0.29, 0.717) is 29.5 Å². The maximum atomic E-state index is 15.2. The van der Waals surface area contributed by atoms with Gasteiger partial charge in [-0.05, 0) is 62.2 Å². The summed E-state index contributed by atoms with van der Waals surface area (Å²) < 4.78 is 53.3. The largest absolute Gasteiger partial charge is 0.443 e. The number of ether oxygens (including phenoxy) is 1. The third-order valence-electron chi connectivity index (χ3n) is 6.87. The molecular weight excluding hydrogens is 551 g/mol. The Bertz CT molecular complexity index is 1190. The highest BCUT2D eigenvalue weighted by Crippen LogP contribution is 2.34. The molecule has 2 aromatic carbocycles. The molecule has 0 spiro atoms. The number of rotatable bonds is 14. The number of carbonyl (C=O) groups excluding carboxylic acids is 1. The van der Waals surface area contributed by atoms with Gasteiger partial charge in [0.2, 0.25) is 10.0 Å². The molecule has 11 heteroatoms. The van der Waals surface area contributed by atoms with Crippen molar-refractivity contribution < 1.29 is 31.9 Å². The lowest BCUT2D eigenvalue weighted by molar-refractivity contribution is 0.0607. The van der Waals surface area contributed by atoms with Crippen molar-refractivity contribution in [2.75, 3.05) is 30.3 Å². The molecule has 0 aromatic heterocycles.